The Morgan fingerprint density at radius 3 is 2.69 bits per heavy atom. The number of aliphatic hydroxyl groups is 3. The van der Waals surface area contributed by atoms with Crippen molar-refractivity contribution in [3.63, 3.8) is 0 Å². The third-order valence-corrected chi connectivity index (χ3v) is 8.71. The fraction of sp³-hybridized carbons (Fsp3) is 0.633. The molecule has 0 aromatic rings. The van der Waals surface area contributed by atoms with Crippen LogP contribution in [-0.2, 0) is 9.53 Å². The normalized spacial score (nSPS) is 34.9. The monoisotopic (exact) mass is 484 g/mol. The van der Waals surface area contributed by atoms with Crippen LogP contribution in [-0.4, -0.2) is 46.2 Å². The number of fused-ring (bicyclic) bond motifs is 1. The zero-order valence-corrected chi connectivity index (χ0v) is 21.9. The van der Waals surface area contributed by atoms with Gasteiger partial charge < -0.3 is 20.1 Å². The number of hydrogen-bond donors (Lipinski definition) is 3. The standard InChI is InChI=1S/C30H44O5/c1-7-35-28(34)29(4,5)27(33)15-10-19(2)24-13-14-25-21(9-8-16-30(24,25)6)11-12-22-17-23(31)18-26(32)20(22)3/h10-12,15,23-27,31-33H,2-3,7-9,13-14,16-18H2,1,4-6H3/b15-10+,21-11+,22-12-/t23-,24-,25+,26+,27+,30-/m1/s1. The molecule has 5 heteroatoms. The first-order valence-corrected chi connectivity index (χ1v) is 13.1. The third-order valence-electron chi connectivity index (χ3n) is 8.71. The van der Waals surface area contributed by atoms with Gasteiger partial charge >= 0.3 is 5.97 Å². The molecule has 0 heterocycles. The lowest BCUT2D eigenvalue weighted by Crippen LogP contribution is -2.37. The van der Waals surface area contributed by atoms with Gasteiger partial charge in [0.2, 0.25) is 0 Å². The van der Waals surface area contributed by atoms with Crippen LogP contribution in [0.25, 0.3) is 0 Å². The highest BCUT2D eigenvalue weighted by atomic mass is 16.5. The maximum absolute atomic E-state index is 12.2. The van der Waals surface area contributed by atoms with Gasteiger partial charge in [0.25, 0.3) is 0 Å². The van der Waals surface area contributed by atoms with Crippen LogP contribution in [0.3, 0.4) is 0 Å². The van der Waals surface area contributed by atoms with Gasteiger partial charge in [-0.1, -0.05) is 55.5 Å². The van der Waals surface area contributed by atoms with Crippen LogP contribution in [0.15, 0.2) is 59.8 Å². The van der Waals surface area contributed by atoms with Crippen LogP contribution >= 0.6 is 0 Å². The molecule has 35 heavy (non-hydrogen) atoms. The van der Waals surface area contributed by atoms with Gasteiger partial charge in [0.15, 0.2) is 0 Å². The number of aliphatic hydroxyl groups excluding tert-OH is 3. The predicted octanol–water partition coefficient (Wildman–Crippen LogP) is 5.19. The second-order valence-corrected chi connectivity index (χ2v) is 11.4. The first-order chi connectivity index (χ1) is 16.4. The Kier molecular flexibility index (Phi) is 8.67. The summed E-state index contributed by atoms with van der Waals surface area (Å²) < 4.78 is 5.12. The molecule has 5 nitrogen and oxygen atoms in total. The molecule has 3 saturated carbocycles. The molecular weight excluding hydrogens is 440 g/mol. The minimum atomic E-state index is -1.02. The highest BCUT2D eigenvalue weighted by Crippen LogP contribution is 2.59. The molecule has 0 aliphatic heterocycles. The van der Waals surface area contributed by atoms with Gasteiger partial charge in [-0.25, -0.2) is 0 Å². The number of carbonyl (C=O) groups is 1. The van der Waals surface area contributed by atoms with E-state index in [0.717, 1.165) is 48.8 Å². The van der Waals surface area contributed by atoms with Crippen molar-refractivity contribution in [1.29, 1.82) is 0 Å². The fourth-order valence-corrected chi connectivity index (χ4v) is 6.32. The number of ether oxygens (including phenoxy) is 1. The second kappa shape index (κ2) is 11.0. The molecule has 6 atom stereocenters. The summed E-state index contributed by atoms with van der Waals surface area (Å²) in [6.07, 6.45) is 12.0. The van der Waals surface area contributed by atoms with Gasteiger partial charge in [-0.3, -0.25) is 4.79 Å². The lowest BCUT2D eigenvalue weighted by molar-refractivity contribution is -0.158. The minimum Gasteiger partial charge on any atom is -0.465 e. The van der Waals surface area contributed by atoms with E-state index in [1.54, 1.807) is 26.8 Å². The molecule has 0 spiro atoms. The summed E-state index contributed by atoms with van der Waals surface area (Å²) in [6.45, 7) is 16.2. The molecule has 3 aliphatic rings. The summed E-state index contributed by atoms with van der Waals surface area (Å²) in [6, 6.07) is 0. The Labute approximate surface area is 211 Å². The van der Waals surface area contributed by atoms with E-state index >= 15 is 0 Å². The van der Waals surface area contributed by atoms with Gasteiger partial charge in [-0.05, 0) is 87.7 Å². The van der Waals surface area contributed by atoms with Gasteiger partial charge in [-0.15, -0.1) is 0 Å². The highest BCUT2D eigenvalue weighted by Gasteiger charge is 2.49. The van der Waals surface area contributed by atoms with Crippen LogP contribution in [0.4, 0.5) is 0 Å². The highest BCUT2D eigenvalue weighted by molar-refractivity contribution is 5.77. The predicted molar refractivity (Wildman–Crippen MR) is 139 cm³/mol. The molecule has 0 unspecified atom stereocenters. The van der Waals surface area contributed by atoms with E-state index in [0.29, 0.717) is 24.7 Å². The lowest BCUT2D eigenvalue weighted by Gasteiger charge is -2.42. The number of carbonyl (C=O) groups excluding carboxylic acids is 1. The third kappa shape index (κ3) is 5.73. The van der Waals surface area contributed by atoms with Crippen molar-refractivity contribution in [2.75, 3.05) is 6.61 Å². The van der Waals surface area contributed by atoms with Gasteiger partial charge in [0, 0.05) is 6.42 Å². The second-order valence-electron chi connectivity index (χ2n) is 11.4. The molecule has 0 amide bonds. The maximum atomic E-state index is 12.2. The van der Waals surface area contributed by atoms with E-state index in [4.69, 9.17) is 4.74 Å². The number of allylic oxidation sites excluding steroid dienone is 5. The van der Waals surface area contributed by atoms with E-state index in [2.05, 4.69) is 32.2 Å². The van der Waals surface area contributed by atoms with Crippen molar-refractivity contribution in [2.45, 2.75) is 91.0 Å². The van der Waals surface area contributed by atoms with Crippen LogP contribution in [0, 0.1) is 22.7 Å². The average molecular weight is 485 g/mol. The summed E-state index contributed by atoms with van der Waals surface area (Å²) >= 11 is 0. The quantitative estimate of drug-likeness (QED) is 0.342. The summed E-state index contributed by atoms with van der Waals surface area (Å²) in [7, 11) is 0. The van der Waals surface area contributed by atoms with Crippen molar-refractivity contribution in [2.24, 2.45) is 22.7 Å². The maximum Gasteiger partial charge on any atom is 0.314 e. The first kappa shape index (κ1) is 27.6. The van der Waals surface area contributed by atoms with Crippen LogP contribution in [0.1, 0.15) is 72.6 Å². The van der Waals surface area contributed by atoms with Crippen molar-refractivity contribution in [1.82, 2.24) is 0 Å². The van der Waals surface area contributed by atoms with E-state index < -0.39 is 29.7 Å². The van der Waals surface area contributed by atoms with Gasteiger partial charge in [-0.2, -0.15) is 0 Å². The molecule has 0 aromatic carbocycles. The van der Waals surface area contributed by atoms with Crippen molar-refractivity contribution < 1.29 is 24.9 Å². The van der Waals surface area contributed by atoms with Crippen LogP contribution in [0.5, 0.6) is 0 Å². The fourth-order valence-electron chi connectivity index (χ4n) is 6.32. The zero-order valence-electron chi connectivity index (χ0n) is 21.9. The van der Waals surface area contributed by atoms with E-state index in [9.17, 15) is 20.1 Å². The molecule has 194 valence electrons. The minimum absolute atomic E-state index is 0.0915. The molecule has 0 bridgehead atoms. The van der Waals surface area contributed by atoms with Crippen LogP contribution < -0.4 is 0 Å². The topological polar surface area (TPSA) is 87.0 Å². The smallest absolute Gasteiger partial charge is 0.314 e. The van der Waals surface area contributed by atoms with Crippen LogP contribution in [0.2, 0.25) is 0 Å². The molecule has 3 aliphatic carbocycles. The van der Waals surface area contributed by atoms with Crippen molar-refractivity contribution in [3.05, 3.63) is 59.8 Å². The van der Waals surface area contributed by atoms with Gasteiger partial charge in [0.1, 0.15) is 0 Å². The summed E-state index contributed by atoms with van der Waals surface area (Å²) in [5.41, 5.74) is 3.16. The molecule has 3 fully saturated rings. The van der Waals surface area contributed by atoms with E-state index in [1.807, 2.05) is 6.08 Å². The van der Waals surface area contributed by atoms with E-state index in [-0.39, 0.29) is 12.0 Å². The lowest BCUT2D eigenvalue weighted by atomic mass is 9.62. The Morgan fingerprint density at radius 1 is 1.29 bits per heavy atom. The number of rotatable bonds is 7. The number of hydrogen-bond acceptors (Lipinski definition) is 5. The SMILES string of the molecule is C=C(/C=C/[C@H](O)C(C)(C)C(=O)OCC)[C@H]1CC[C@H]2/C(=C/C=C3/C[C@@H](O)C[C@H](O)C3=C)CCC[C@]12C. The first-order valence-electron chi connectivity index (χ1n) is 13.1. The Hall–Kier alpha value is -1.95. The Bertz CT molecular complexity index is 923. The summed E-state index contributed by atoms with van der Waals surface area (Å²) in [5.74, 6) is 0.356. The average Bonchev–Trinajstić information content (AvgIpc) is 3.16. The van der Waals surface area contributed by atoms with Gasteiger partial charge in [0.05, 0.1) is 30.3 Å². The molecule has 0 radical (unpaired) electrons. The van der Waals surface area contributed by atoms with E-state index in [1.165, 1.54) is 5.57 Å². The van der Waals surface area contributed by atoms with Crippen molar-refractivity contribution >= 4 is 5.97 Å². The number of esters is 1. The van der Waals surface area contributed by atoms with Crippen molar-refractivity contribution in [3.8, 4) is 0 Å². The Balaban J connectivity index is 1.74. The molecule has 0 saturated heterocycles. The molecule has 3 N–H and O–H groups in total. The zero-order chi connectivity index (χ0) is 26.0. The summed E-state index contributed by atoms with van der Waals surface area (Å²) in [5, 5.41) is 30.9. The molecule has 0 aromatic heterocycles. The largest absolute Gasteiger partial charge is 0.465 e. The molecular formula is C30H44O5. The molecule has 3 rings (SSSR count). The summed E-state index contributed by atoms with van der Waals surface area (Å²) in [4.78, 5) is 12.2. The Morgan fingerprint density at radius 2 is 2.00 bits per heavy atom.